The van der Waals surface area contributed by atoms with Gasteiger partial charge in [-0.25, -0.2) is 9.37 Å². The zero-order chi connectivity index (χ0) is 13.3. The molecule has 0 bridgehead atoms. The summed E-state index contributed by atoms with van der Waals surface area (Å²) in [5.74, 6) is -1.62. The van der Waals surface area contributed by atoms with Crippen molar-refractivity contribution in [3.8, 4) is 16.9 Å². The molecule has 2 nitrogen and oxygen atoms in total. The second-order valence-corrected chi connectivity index (χ2v) is 3.57. The molecule has 2 aromatic rings. The number of phenols is 1. The van der Waals surface area contributed by atoms with Crippen molar-refractivity contribution in [2.24, 2.45) is 0 Å². The number of aromatic hydroxyl groups is 1. The highest BCUT2D eigenvalue weighted by Crippen LogP contribution is 2.33. The molecule has 0 fully saturated rings. The van der Waals surface area contributed by atoms with Gasteiger partial charge in [0, 0.05) is 17.3 Å². The molecule has 0 saturated heterocycles. The third kappa shape index (κ3) is 2.27. The number of nitrogens with zero attached hydrogens (tertiary/aromatic N) is 1. The lowest BCUT2D eigenvalue weighted by atomic mass is 10.1. The summed E-state index contributed by atoms with van der Waals surface area (Å²) in [6.07, 6.45) is -3.96. The Balaban J connectivity index is 2.51. The summed E-state index contributed by atoms with van der Waals surface area (Å²) >= 11 is 0. The zero-order valence-electron chi connectivity index (χ0n) is 8.87. The van der Waals surface area contributed by atoms with Gasteiger partial charge >= 0.3 is 6.18 Å². The van der Waals surface area contributed by atoms with E-state index in [1.54, 1.807) is 12.1 Å². The van der Waals surface area contributed by atoms with Gasteiger partial charge in [0.25, 0.3) is 0 Å². The highest BCUT2D eigenvalue weighted by Gasteiger charge is 2.36. The van der Waals surface area contributed by atoms with Crippen LogP contribution in [-0.4, -0.2) is 10.1 Å². The molecule has 0 radical (unpaired) electrons. The van der Waals surface area contributed by atoms with E-state index >= 15 is 0 Å². The van der Waals surface area contributed by atoms with Gasteiger partial charge in [-0.1, -0.05) is 18.2 Å². The van der Waals surface area contributed by atoms with E-state index in [0.717, 1.165) is 6.20 Å². The maximum Gasteiger partial charge on any atom is 0.436 e. The standard InChI is InChI=1S/C12H7F4NO/c13-9-5-7(6-17-11(9)12(14,15)16)8-3-1-2-4-10(8)18/h1-6,18H. The highest BCUT2D eigenvalue weighted by atomic mass is 19.4. The Kier molecular flexibility index (Phi) is 2.94. The van der Waals surface area contributed by atoms with Gasteiger partial charge < -0.3 is 5.11 Å². The largest absolute Gasteiger partial charge is 0.507 e. The van der Waals surface area contributed by atoms with Gasteiger partial charge in [0.15, 0.2) is 11.5 Å². The van der Waals surface area contributed by atoms with Crippen molar-refractivity contribution in [1.82, 2.24) is 4.98 Å². The van der Waals surface area contributed by atoms with Crippen molar-refractivity contribution < 1.29 is 22.7 Å². The monoisotopic (exact) mass is 257 g/mol. The van der Waals surface area contributed by atoms with Crippen molar-refractivity contribution in [3.05, 3.63) is 48.0 Å². The zero-order valence-corrected chi connectivity index (χ0v) is 8.87. The molecule has 0 aliphatic heterocycles. The minimum absolute atomic E-state index is 0.0820. The average molecular weight is 257 g/mol. The van der Waals surface area contributed by atoms with Crippen molar-refractivity contribution in [3.63, 3.8) is 0 Å². The Labute approximate surface area is 99.5 Å². The normalized spacial score (nSPS) is 11.6. The summed E-state index contributed by atoms with van der Waals surface area (Å²) in [5.41, 5.74) is -1.27. The van der Waals surface area contributed by atoms with Crippen molar-refractivity contribution in [1.29, 1.82) is 0 Å². The minimum Gasteiger partial charge on any atom is -0.507 e. The first kappa shape index (κ1) is 12.3. The number of benzene rings is 1. The fourth-order valence-electron chi connectivity index (χ4n) is 1.51. The van der Waals surface area contributed by atoms with Crippen LogP contribution in [0.4, 0.5) is 17.6 Å². The molecule has 0 saturated carbocycles. The van der Waals surface area contributed by atoms with Crippen LogP contribution in [0.15, 0.2) is 36.5 Å². The third-order valence-corrected chi connectivity index (χ3v) is 2.32. The van der Waals surface area contributed by atoms with Crippen LogP contribution in [-0.2, 0) is 6.18 Å². The number of hydrogen-bond donors (Lipinski definition) is 1. The maximum atomic E-state index is 13.3. The maximum absolute atomic E-state index is 13.3. The number of alkyl halides is 3. The number of hydrogen-bond acceptors (Lipinski definition) is 2. The summed E-state index contributed by atoms with van der Waals surface area (Å²) in [6.45, 7) is 0. The van der Waals surface area contributed by atoms with Crippen LogP contribution in [0, 0.1) is 5.82 Å². The summed E-state index contributed by atoms with van der Waals surface area (Å²) in [7, 11) is 0. The molecular formula is C12H7F4NO. The highest BCUT2D eigenvalue weighted by molar-refractivity contribution is 5.69. The first-order valence-electron chi connectivity index (χ1n) is 4.90. The Morgan fingerprint density at radius 3 is 2.33 bits per heavy atom. The van der Waals surface area contributed by atoms with E-state index < -0.39 is 17.7 Å². The summed E-state index contributed by atoms with van der Waals surface area (Å²) < 4.78 is 50.2. The van der Waals surface area contributed by atoms with Crippen molar-refractivity contribution in [2.75, 3.05) is 0 Å². The second-order valence-electron chi connectivity index (χ2n) is 3.57. The Hall–Kier alpha value is -2.11. The van der Waals surface area contributed by atoms with Gasteiger partial charge in [-0.2, -0.15) is 13.2 Å². The summed E-state index contributed by atoms with van der Waals surface area (Å²) in [5, 5.41) is 9.51. The van der Waals surface area contributed by atoms with Crippen molar-refractivity contribution >= 4 is 0 Å². The molecule has 0 atom stereocenters. The topological polar surface area (TPSA) is 33.1 Å². The summed E-state index contributed by atoms with van der Waals surface area (Å²) in [6, 6.07) is 6.63. The molecule has 94 valence electrons. The van der Waals surface area contributed by atoms with Crippen LogP contribution < -0.4 is 0 Å². The van der Waals surface area contributed by atoms with E-state index in [0.29, 0.717) is 6.07 Å². The lowest BCUT2D eigenvalue weighted by Gasteiger charge is -2.09. The average Bonchev–Trinajstić information content (AvgIpc) is 2.27. The molecule has 2 rings (SSSR count). The smallest absolute Gasteiger partial charge is 0.436 e. The molecule has 6 heteroatoms. The number of halogens is 4. The molecule has 1 N–H and O–H groups in total. The lowest BCUT2D eigenvalue weighted by Crippen LogP contribution is -2.10. The number of phenolic OH excluding ortho intramolecular Hbond substituents is 1. The Morgan fingerprint density at radius 2 is 1.78 bits per heavy atom. The molecule has 0 spiro atoms. The van der Waals surface area contributed by atoms with Crippen LogP contribution in [0.25, 0.3) is 11.1 Å². The van der Waals surface area contributed by atoms with E-state index in [1.165, 1.54) is 12.1 Å². The molecule has 0 unspecified atom stereocenters. The van der Waals surface area contributed by atoms with Crippen LogP contribution in [0.3, 0.4) is 0 Å². The molecule has 1 aromatic heterocycles. The van der Waals surface area contributed by atoms with Crippen LogP contribution in [0.2, 0.25) is 0 Å². The summed E-state index contributed by atoms with van der Waals surface area (Å²) in [4.78, 5) is 3.06. The van der Waals surface area contributed by atoms with Gasteiger partial charge in [0.05, 0.1) is 0 Å². The third-order valence-electron chi connectivity index (χ3n) is 2.32. The lowest BCUT2D eigenvalue weighted by molar-refractivity contribution is -0.143. The Bertz CT molecular complexity index is 581. The molecule has 1 heterocycles. The van der Waals surface area contributed by atoms with E-state index in [1.807, 2.05) is 0 Å². The predicted octanol–water partition coefficient (Wildman–Crippen LogP) is 3.61. The number of para-hydroxylation sites is 1. The minimum atomic E-state index is -4.83. The van der Waals surface area contributed by atoms with E-state index in [-0.39, 0.29) is 16.9 Å². The van der Waals surface area contributed by atoms with Gasteiger partial charge in [0.2, 0.25) is 0 Å². The van der Waals surface area contributed by atoms with Crippen LogP contribution in [0.1, 0.15) is 5.69 Å². The molecule has 0 aliphatic carbocycles. The second kappa shape index (κ2) is 4.29. The predicted molar refractivity (Wildman–Crippen MR) is 56.3 cm³/mol. The van der Waals surface area contributed by atoms with E-state index in [2.05, 4.69) is 4.98 Å². The van der Waals surface area contributed by atoms with E-state index in [4.69, 9.17) is 0 Å². The first-order chi connectivity index (χ1) is 8.39. The number of aromatic nitrogens is 1. The van der Waals surface area contributed by atoms with E-state index in [9.17, 15) is 22.7 Å². The molecule has 0 aliphatic rings. The van der Waals surface area contributed by atoms with Gasteiger partial charge in [-0.3, -0.25) is 0 Å². The molecule has 1 aromatic carbocycles. The fourth-order valence-corrected chi connectivity index (χ4v) is 1.51. The molecular weight excluding hydrogens is 250 g/mol. The Morgan fingerprint density at radius 1 is 1.11 bits per heavy atom. The number of rotatable bonds is 1. The first-order valence-corrected chi connectivity index (χ1v) is 4.90. The molecule has 18 heavy (non-hydrogen) atoms. The quantitative estimate of drug-likeness (QED) is 0.791. The number of pyridine rings is 1. The van der Waals surface area contributed by atoms with Gasteiger partial charge in [0.1, 0.15) is 5.75 Å². The van der Waals surface area contributed by atoms with Crippen LogP contribution >= 0.6 is 0 Å². The van der Waals surface area contributed by atoms with Crippen LogP contribution in [0.5, 0.6) is 5.75 Å². The molecule has 0 amide bonds. The van der Waals surface area contributed by atoms with Gasteiger partial charge in [-0.05, 0) is 12.1 Å². The van der Waals surface area contributed by atoms with Crippen molar-refractivity contribution in [2.45, 2.75) is 6.18 Å². The fraction of sp³-hybridized carbons (Fsp3) is 0.0833. The SMILES string of the molecule is Oc1ccccc1-c1cnc(C(F)(F)F)c(F)c1. The van der Waals surface area contributed by atoms with Gasteiger partial charge in [-0.15, -0.1) is 0 Å².